The first-order chi connectivity index (χ1) is 14.5. The number of fused-ring (bicyclic) bond motifs is 1. The van der Waals surface area contributed by atoms with Gasteiger partial charge in [-0.25, -0.2) is 0 Å². The van der Waals surface area contributed by atoms with Crippen molar-refractivity contribution in [2.45, 2.75) is 74.7 Å². The van der Waals surface area contributed by atoms with Gasteiger partial charge in [-0.3, -0.25) is 9.59 Å². The van der Waals surface area contributed by atoms with Gasteiger partial charge in [0.2, 0.25) is 5.37 Å². The number of hydrogen-bond acceptors (Lipinski definition) is 3. The Labute approximate surface area is 184 Å². The fraction of sp³-hybridized carbons (Fsp3) is 0.652. The number of carbonyl (C=O) groups excluding carboxylic acids is 2. The number of carbonyl (C=O) groups is 2. The first-order valence-electron chi connectivity index (χ1n) is 11.6. The van der Waals surface area contributed by atoms with E-state index in [9.17, 15) is 9.59 Å². The summed E-state index contributed by atoms with van der Waals surface area (Å²) in [4.78, 5) is 29.4. The zero-order chi connectivity index (χ0) is 21.1. The minimum absolute atomic E-state index is 0.0578. The lowest BCUT2D eigenvalue weighted by Crippen LogP contribution is -3.19. The van der Waals surface area contributed by atoms with Crippen LogP contribution in [-0.2, 0) is 4.79 Å². The molecule has 4 N–H and O–H groups in total. The molecule has 0 aliphatic carbocycles. The lowest BCUT2D eigenvalue weighted by molar-refractivity contribution is -0.950. The normalized spacial score (nSPS) is 29.7. The minimum Gasteiger partial charge on any atom is -0.346 e. The molecule has 1 aromatic rings. The fourth-order valence-corrected chi connectivity index (χ4v) is 6.50. The molecular formula is C23H36N4O2S+2. The van der Waals surface area contributed by atoms with E-state index in [-0.39, 0.29) is 17.2 Å². The molecule has 2 amide bonds. The van der Waals surface area contributed by atoms with E-state index in [0.29, 0.717) is 24.2 Å². The smallest absolute Gasteiger partial charge is 0.294 e. The number of benzene rings is 1. The number of rotatable bonds is 5. The Morgan fingerprint density at radius 1 is 1.13 bits per heavy atom. The van der Waals surface area contributed by atoms with Crippen LogP contribution in [0, 0.1) is 0 Å². The highest BCUT2D eigenvalue weighted by atomic mass is 32.2. The summed E-state index contributed by atoms with van der Waals surface area (Å²) >= 11 is 1.65. The summed E-state index contributed by atoms with van der Waals surface area (Å²) in [5.74, 6) is 0.0103. The summed E-state index contributed by atoms with van der Waals surface area (Å²) in [5.41, 5.74) is 1.39. The summed E-state index contributed by atoms with van der Waals surface area (Å²) in [5, 5.41) is 6.06. The van der Waals surface area contributed by atoms with Gasteiger partial charge >= 0.3 is 0 Å². The first-order valence-corrected chi connectivity index (χ1v) is 12.5. The second-order valence-electron chi connectivity index (χ2n) is 9.23. The van der Waals surface area contributed by atoms with Crippen LogP contribution in [0.4, 0.5) is 5.69 Å². The number of amides is 2. The van der Waals surface area contributed by atoms with Gasteiger partial charge in [-0.05, 0) is 70.6 Å². The molecule has 164 valence electrons. The minimum atomic E-state index is -0.0750. The average Bonchev–Trinajstić information content (AvgIpc) is 2.75. The molecular weight excluding hydrogens is 396 g/mol. The molecule has 3 heterocycles. The molecule has 0 bridgehead atoms. The first kappa shape index (κ1) is 21.7. The number of thioether (sulfide) groups is 1. The van der Waals surface area contributed by atoms with Crippen molar-refractivity contribution >= 4 is 29.3 Å². The second kappa shape index (κ2) is 9.71. The standard InChI is InChI=1S/C23H34N4O2S/c1-16-7-6-8-17(2)27(16)14-11-24-21(28)18-9-10-20-19(15-18)25-22(29)23(30-20)26-12-4-3-5-13-26/h9-10,15-17,23H,3-8,11-14H2,1-2H3,(H,24,28)(H,25,29)/p+2. The van der Waals surface area contributed by atoms with E-state index in [4.69, 9.17) is 0 Å². The molecule has 30 heavy (non-hydrogen) atoms. The Hall–Kier alpha value is -1.57. The summed E-state index contributed by atoms with van der Waals surface area (Å²) in [6, 6.07) is 7.04. The number of nitrogens with one attached hydrogen (secondary N) is 4. The monoisotopic (exact) mass is 432 g/mol. The van der Waals surface area contributed by atoms with E-state index in [2.05, 4.69) is 24.5 Å². The van der Waals surface area contributed by atoms with Gasteiger partial charge in [-0.15, -0.1) is 0 Å². The van der Waals surface area contributed by atoms with Crippen LogP contribution >= 0.6 is 11.8 Å². The van der Waals surface area contributed by atoms with Gasteiger partial charge < -0.3 is 20.4 Å². The zero-order valence-corrected chi connectivity index (χ0v) is 19.1. The molecule has 4 rings (SSSR count). The topological polar surface area (TPSA) is 67.1 Å². The maximum absolute atomic E-state index is 12.7. The van der Waals surface area contributed by atoms with E-state index in [1.807, 2.05) is 18.2 Å². The van der Waals surface area contributed by atoms with Crippen LogP contribution in [-0.4, -0.2) is 55.5 Å². The van der Waals surface area contributed by atoms with E-state index < -0.39 is 0 Å². The number of quaternary nitrogens is 2. The maximum atomic E-state index is 12.7. The Bertz CT molecular complexity index is 770. The zero-order valence-electron chi connectivity index (χ0n) is 18.3. The maximum Gasteiger partial charge on any atom is 0.294 e. The van der Waals surface area contributed by atoms with Crippen LogP contribution in [0.3, 0.4) is 0 Å². The summed E-state index contributed by atoms with van der Waals surface area (Å²) < 4.78 is 0. The second-order valence-corrected chi connectivity index (χ2v) is 10.4. The molecule has 3 unspecified atom stereocenters. The molecule has 0 saturated carbocycles. The molecule has 0 aromatic heterocycles. The Kier molecular flexibility index (Phi) is 7.01. The third kappa shape index (κ3) is 4.84. The van der Waals surface area contributed by atoms with Crippen molar-refractivity contribution in [3.05, 3.63) is 23.8 Å². The van der Waals surface area contributed by atoms with Crippen molar-refractivity contribution in [3.63, 3.8) is 0 Å². The lowest BCUT2D eigenvalue weighted by Gasteiger charge is -2.35. The van der Waals surface area contributed by atoms with Crippen LogP contribution in [0.2, 0.25) is 0 Å². The summed E-state index contributed by atoms with van der Waals surface area (Å²) in [7, 11) is 0. The number of anilines is 1. The molecule has 7 heteroatoms. The van der Waals surface area contributed by atoms with Crippen LogP contribution in [0.15, 0.2) is 23.1 Å². The Morgan fingerprint density at radius 2 is 1.87 bits per heavy atom. The van der Waals surface area contributed by atoms with Crippen LogP contribution in [0.1, 0.15) is 62.7 Å². The molecule has 0 radical (unpaired) electrons. The van der Waals surface area contributed by atoms with Crippen molar-refractivity contribution in [3.8, 4) is 0 Å². The quantitative estimate of drug-likeness (QED) is 0.554. The summed E-state index contributed by atoms with van der Waals surface area (Å²) in [6.45, 7) is 8.41. The Balaban J connectivity index is 1.34. The molecule has 3 atom stereocenters. The van der Waals surface area contributed by atoms with E-state index in [0.717, 1.165) is 30.2 Å². The van der Waals surface area contributed by atoms with Gasteiger partial charge in [0, 0.05) is 10.5 Å². The van der Waals surface area contributed by atoms with E-state index >= 15 is 0 Å². The van der Waals surface area contributed by atoms with Gasteiger partial charge in [0.1, 0.15) is 0 Å². The third-order valence-corrected chi connectivity index (χ3v) is 8.48. The lowest BCUT2D eigenvalue weighted by atomic mass is 9.98. The highest BCUT2D eigenvalue weighted by Gasteiger charge is 2.36. The van der Waals surface area contributed by atoms with Gasteiger partial charge in [0.25, 0.3) is 11.8 Å². The molecule has 6 nitrogen and oxygen atoms in total. The average molecular weight is 433 g/mol. The van der Waals surface area contributed by atoms with Crippen molar-refractivity contribution in [1.82, 2.24) is 5.32 Å². The number of piperidine rings is 2. The van der Waals surface area contributed by atoms with E-state index in [1.165, 1.54) is 43.4 Å². The van der Waals surface area contributed by atoms with Crippen molar-refractivity contribution in [2.75, 3.05) is 31.5 Å². The van der Waals surface area contributed by atoms with Gasteiger partial charge in [0.05, 0.1) is 44.0 Å². The molecule has 1 aromatic carbocycles. The van der Waals surface area contributed by atoms with Crippen molar-refractivity contribution in [2.24, 2.45) is 0 Å². The third-order valence-electron chi connectivity index (χ3n) is 7.09. The van der Waals surface area contributed by atoms with Gasteiger partial charge in [-0.2, -0.15) is 0 Å². The van der Waals surface area contributed by atoms with Gasteiger partial charge in [0.15, 0.2) is 0 Å². The van der Waals surface area contributed by atoms with Crippen LogP contribution in [0.25, 0.3) is 0 Å². The van der Waals surface area contributed by atoms with Crippen molar-refractivity contribution in [1.29, 1.82) is 0 Å². The molecule has 0 spiro atoms. The summed E-state index contributed by atoms with van der Waals surface area (Å²) in [6.07, 6.45) is 7.53. The molecule has 2 saturated heterocycles. The molecule has 2 fully saturated rings. The number of hydrogen-bond donors (Lipinski definition) is 4. The predicted octanol–water partition coefficient (Wildman–Crippen LogP) is 0.701. The molecule has 3 aliphatic heterocycles. The van der Waals surface area contributed by atoms with E-state index in [1.54, 1.807) is 16.7 Å². The number of likely N-dealkylation sites (tertiary alicyclic amines) is 2. The van der Waals surface area contributed by atoms with Crippen LogP contribution in [0.5, 0.6) is 0 Å². The Morgan fingerprint density at radius 3 is 2.60 bits per heavy atom. The molecule has 3 aliphatic rings. The highest BCUT2D eigenvalue weighted by Crippen LogP contribution is 2.34. The fourth-order valence-electron chi connectivity index (χ4n) is 5.29. The van der Waals surface area contributed by atoms with Crippen molar-refractivity contribution < 1.29 is 19.4 Å². The largest absolute Gasteiger partial charge is 0.346 e. The predicted molar refractivity (Wildman–Crippen MR) is 120 cm³/mol. The SMILES string of the molecule is CC1CCCC(C)[NH+]1CCNC(=O)c1ccc2c(c1)NC(=O)C([NH+]1CCCCC1)S2. The van der Waals surface area contributed by atoms with Crippen LogP contribution < -0.4 is 20.4 Å². The van der Waals surface area contributed by atoms with Gasteiger partial charge in [-0.1, -0.05) is 11.8 Å². The highest BCUT2D eigenvalue weighted by molar-refractivity contribution is 8.00.